The Bertz CT molecular complexity index is 976. The number of esters is 3. The van der Waals surface area contributed by atoms with Crippen LogP contribution in [0.25, 0.3) is 0 Å². The molecule has 0 aliphatic rings. The smallest absolute Gasteiger partial charge is 0.328 e. The van der Waals surface area contributed by atoms with E-state index in [1.165, 1.54) is 33.1 Å². The molecule has 0 aliphatic carbocycles. The van der Waals surface area contributed by atoms with Crippen LogP contribution in [0.5, 0.6) is 11.5 Å². The van der Waals surface area contributed by atoms with Crippen molar-refractivity contribution in [1.29, 1.82) is 0 Å². The zero-order valence-electron chi connectivity index (χ0n) is 18.1. The molecule has 2 aromatic rings. The highest BCUT2D eigenvalue weighted by Crippen LogP contribution is 2.29. The summed E-state index contributed by atoms with van der Waals surface area (Å²) in [6, 6.07) is 11.8. The van der Waals surface area contributed by atoms with Gasteiger partial charge in [-0.2, -0.15) is 0 Å². The SMILES string of the molecule is COC(=O)[C@H](Cc1ccccc1)NC(=O)[C@@H](N)Cc1ccc(OC(C)=O)c(OC(C)=O)c1. The van der Waals surface area contributed by atoms with Crippen molar-refractivity contribution in [2.45, 2.75) is 38.8 Å². The van der Waals surface area contributed by atoms with E-state index in [9.17, 15) is 19.2 Å². The van der Waals surface area contributed by atoms with Gasteiger partial charge in [-0.05, 0) is 29.7 Å². The fraction of sp³-hybridized carbons (Fsp3) is 0.304. The molecule has 0 saturated carbocycles. The van der Waals surface area contributed by atoms with Crippen molar-refractivity contribution in [2.24, 2.45) is 5.73 Å². The first-order valence-corrected chi connectivity index (χ1v) is 9.87. The van der Waals surface area contributed by atoms with Gasteiger partial charge in [-0.3, -0.25) is 14.4 Å². The van der Waals surface area contributed by atoms with E-state index in [4.69, 9.17) is 19.9 Å². The summed E-state index contributed by atoms with van der Waals surface area (Å²) in [4.78, 5) is 47.4. The Hall–Kier alpha value is -3.72. The fourth-order valence-corrected chi connectivity index (χ4v) is 2.96. The summed E-state index contributed by atoms with van der Waals surface area (Å²) >= 11 is 0. The van der Waals surface area contributed by atoms with Gasteiger partial charge in [0.2, 0.25) is 5.91 Å². The molecule has 2 rings (SSSR count). The standard InChI is InChI=1S/C23H26N2O7/c1-14(26)31-20-10-9-17(13-21(20)32-15(2)27)11-18(24)22(28)25-19(23(29)30-3)12-16-7-5-4-6-8-16/h4-10,13,18-19H,11-12,24H2,1-3H3,(H,25,28)/t18-,19-/m0/s1. The molecule has 0 heterocycles. The maximum Gasteiger partial charge on any atom is 0.328 e. The average molecular weight is 442 g/mol. The number of hydrogen-bond acceptors (Lipinski definition) is 8. The van der Waals surface area contributed by atoms with Gasteiger partial charge in [0.1, 0.15) is 6.04 Å². The largest absolute Gasteiger partial charge is 0.467 e. The first-order chi connectivity index (χ1) is 15.2. The number of amides is 1. The van der Waals surface area contributed by atoms with Crippen molar-refractivity contribution in [2.75, 3.05) is 7.11 Å². The van der Waals surface area contributed by atoms with E-state index in [2.05, 4.69) is 5.32 Å². The topological polar surface area (TPSA) is 134 Å². The van der Waals surface area contributed by atoms with Crippen LogP contribution >= 0.6 is 0 Å². The molecule has 1 amide bonds. The predicted molar refractivity (Wildman–Crippen MR) is 115 cm³/mol. The highest BCUT2D eigenvalue weighted by molar-refractivity contribution is 5.87. The molecule has 0 spiro atoms. The zero-order valence-corrected chi connectivity index (χ0v) is 18.1. The van der Waals surface area contributed by atoms with E-state index >= 15 is 0 Å². The Morgan fingerprint density at radius 3 is 2.09 bits per heavy atom. The second kappa shape index (κ2) is 11.6. The summed E-state index contributed by atoms with van der Waals surface area (Å²) in [5, 5.41) is 2.63. The van der Waals surface area contributed by atoms with Crippen LogP contribution in [-0.2, 0) is 36.8 Å². The van der Waals surface area contributed by atoms with Gasteiger partial charge in [0, 0.05) is 20.3 Å². The van der Waals surface area contributed by atoms with Crippen LogP contribution in [-0.4, -0.2) is 43.0 Å². The Kier molecular flexibility index (Phi) is 8.91. The summed E-state index contributed by atoms with van der Waals surface area (Å²) < 4.78 is 14.9. The molecule has 0 aromatic heterocycles. The molecule has 0 bridgehead atoms. The number of carbonyl (C=O) groups excluding carboxylic acids is 4. The van der Waals surface area contributed by atoms with Crippen LogP contribution in [0, 0.1) is 0 Å². The van der Waals surface area contributed by atoms with Gasteiger partial charge in [-0.15, -0.1) is 0 Å². The monoisotopic (exact) mass is 442 g/mol. The van der Waals surface area contributed by atoms with E-state index in [0.29, 0.717) is 5.56 Å². The van der Waals surface area contributed by atoms with E-state index in [0.717, 1.165) is 5.56 Å². The molecular formula is C23H26N2O7. The molecule has 32 heavy (non-hydrogen) atoms. The number of carbonyl (C=O) groups is 4. The number of nitrogens with one attached hydrogen (secondary N) is 1. The first-order valence-electron chi connectivity index (χ1n) is 9.87. The van der Waals surface area contributed by atoms with Crippen molar-refractivity contribution in [1.82, 2.24) is 5.32 Å². The maximum atomic E-state index is 12.6. The molecule has 170 valence electrons. The van der Waals surface area contributed by atoms with Crippen LogP contribution in [0.3, 0.4) is 0 Å². The molecule has 0 saturated heterocycles. The summed E-state index contributed by atoms with van der Waals surface area (Å²) in [6.07, 6.45) is 0.333. The Morgan fingerprint density at radius 2 is 1.50 bits per heavy atom. The number of methoxy groups -OCH3 is 1. The lowest BCUT2D eigenvalue weighted by atomic mass is 10.0. The van der Waals surface area contributed by atoms with Gasteiger partial charge in [0.15, 0.2) is 11.5 Å². The number of rotatable bonds is 9. The van der Waals surface area contributed by atoms with Gasteiger partial charge < -0.3 is 25.3 Å². The average Bonchev–Trinajstić information content (AvgIpc) is 2.74. The van der Waals surface area contributed by atoms with Crippen LogP contribution in [0.2, 0.25) is 0 Å². The molecule has 0 radical (unpaired) electrons. The minimum Gasteiger partial charge on any atom is -0.467 e. The number of ether oxygens (including phenoxy) is 3. The predicted octanol–water partition coefficient (Wildman–Crippen LogP) is 1.31. The van der Waals surface area contributed by atoms with E-state index in [-0.39, 0.29) is 24.3 Å². The molecule has 9 nitrogen and oxygen atoms in total. The normalized spacial score (nSPS) is 12.2. The summed E-state index contributed by atoms with van der Waals surface area (Å²) in [5.74, 6) is -2.20. The lowest BCUT2D eigenvalue weighted by molar-refractivity contribution is -0.145. The summed E-state index contributed by atoms with van der Waals surface area (Å²) in [7, 11) is 1.24. The third-order valence-electron chi connectivity index (χ3n) is 4.39. The number of hydrogen-bond donors (Lipinski definition) is 2. The van der Waals surface area contributed by atoms with Crippen LogP contribution in [0.1, 0.15) is 25.0 Å². The van der Waals surface area contributed by atoms with Crippen molar-refractivity contribution in [3.8, 4) is 11.5 Å². The lowest BCUT2D eigenvalue weighted by Gasteiger charge is -2.20. The molecular weight excluding hydrogens is 416 g/mol. The van der Waals surface area contributed by atoms with Gasteiger partial charge in [0.25, 0.3) is 0 Å². The van der Waals surface area contributed by atoms with E-state index in [1.807, 2.05) is 30.3 Å². The third kappa shape index (κ3) is 7.51. The molecule has 3 N–H and O–H groups in total. The number of benzene rings is 2. The highest BCUT2D eigenvalue weighted by Gasteiger charge is 2.25. The summed E-state index contributed by atoms with van der Waals surface area (Å²) in [5.41, 5.74) is 7.46. The van der Waals surface area contributed by atoms with Gasteiger partial charge in [0.05, 0.1) is 13.2 Å². The molecule has 0 aliphatic heterocycles. The van der Waals surface area contributed by atoms with E-state index in [1.54, 1.807) is 6.07 Å². The van der Waals surface area contributed by atoms with E-state index < -0.39 is 35.9 Å². The van der Waals surface area contributed by atoms with Crippen LogP contribution in [0.15, 0.2) is 48.5 Å². The quantitative estimate of drug-likeness (QED) is 0.439. The number of nitrogens with two attached hydrogens (primary N) is 1. The second-order valence-electron chi connectivity index (χ2n) is 7.05. The fourth-order valence-electron chi connectivity index (χ4n) is 2.96. The molecule has 0 fully saturated rings. The summed E-state index contributed by atoms with van der Waals surface area (Å²) in [6.45, 7) is 2.43. The van der Waals surface area contributed by atoms with Gasteiger partial charge >= 0.3 is 17.9 Å². The molecule has 9 heteroatoms. The minimum atomic E-state index is -0.998. The Balaban J connectivity index is 2.11. The Labute approximate surface area is 185 Å². The Morgan fingerprint density at radius 1 is 0.875 bits per heavy atom. The first kappa shape index (κ1) is 24.5. The third-order valence-corrected chi connectivity index (χ3v) is 4.39. The van der Waals surface area contributed by atoms with Crippen LogP contribution < -0.4 is 20.5 Å². The van der Waals surface area contributed by atoms with Crippen molar-refractivity contribution < 1.29 is 33.4 Å². The highest BCUT2D eigenvalue weighted by atomic mass is 16.6. The second-order valence-corrected chi connectivity index (χ2v) is 7.05. The lowest BCUT2D eigenvalue weighted by Crippen LogP contribution is -2.50. The van der Waals surface area contributed by atoms with Gasteiger partial charge in [-0.25, -0.2) is 4.79 Å². The van der Waals surface area contributed by atoms with Crippen LogP contribution in [0.4, 0.5) is 0 Å². The van der Waals surface area contributed by atoms with Gasteiger partial charge in [-0.1, -0.05) is 36.4 Å². The zero-order chi connectivity index (χ0) is 23.7. The molecule has 0 unspecified atom stereocenters. The van der Waals surface area contributed by atoms with Crippen molar-refractivity contribution in [3.05, 3.63) is 59.7 Å². The van der Waals surface area contributed by atoms with Crippen molar-refractivity contribution in [3.63, 3.8) is 0 Å². The van der Waals surface area contributed by atoms with Crippen molar-refractivity contribution >= 4 is 23.8 Å². The maximum absolute atomic E-state index is 12.6. The minimum absolute atomic E-state index is 0.0364. The molecule has 2 aromatic carbocycles. The molecule has 2 atom stereocenters.